The van der Waals surface area contributed by atoms with E-state index in [1.165, 1.54) is 19.1 Å². The van der Waals surface area contributed by atoms with Gasteiger partial charge in [0.25, 0.3) is 0 Å². The summed E-state index contributed by atoms with van der Waals surface area (Å²) in [6.07, 6.45) is 6.86. The van der Waals surface area contributed by atoms with Crippen LogP contribution in [0, 0.1) is 5.82 Å². The molecule has 1 aromatic heterocycles. The zero-order chi connectivity index (χ0) is 23.6. The monoisotopic (exact) mass is 475 g/mol. The highest BCUT2D eigenvalue weighted by molar-refractivity contribution is 7.91. The minimum Gasteiger partial charge on any atom is -0.371 e. The van der Waals surface area contributed by atoms with E-state index < -0.39 is 21.7 Å². The predicted molar refractivity (Wildman–Crippen MR) is 125 cm³/mol. The molecular weight excluding hydrogens is 445 g/mol. The molecule has 3 heterocycles. The highest BCUT2D eigenvalue weighted by atomic mass is 32.2. The van der Waals surface area contributed by atoms with Crippen LogP contribution in [0.5, 0.6) is 0 Å². The van der Waals surface area contributed by atoms with Crippen molar-refractivity contribution in [3.05, 3.63) is 42.0 Å². The maximum Gasteiger partial charge on any atom is 0.245 e. The van der Waals surface area contributed by atoms with Crippen molar-refractivity contribution in [2.24, 2.45) is 0 Å². The third-order valence-electron chi connectivity index (χ3n) is 6.54. The number of carbonyl (C=O) groups excluding carboxylic acids is 1. The first-order chi connectivity index (χ1) is 15.8. The molecule has 2 aliphatic rings. The summed E-state index contributed by atoms with van der Waals surface area (Å²) in [6.45, 7) is 5.76. The minimum atomic E-state index is -3.48. The van der Waals surface area contributed by atoms with Crippen molar-refractivity contribution < 1.29 is 17.6 Å². The highest BCUT2D eigenvalue weighted by Gasteiger charge is 2.37. The molecule has 0 radical (unpaired) electrons. The molecule has 1 amide bonds. The van der Waals surface area contributed by atoms with Crippen LogP contribution in [0.4, 0.5) is 16.0 Å². The third kappa shape index (κ3) is 4.95. The second-order valence-corrected chi connectivity index (χ2v) is 10.8. The van der Waals surface area contributed by atoms with Gasteiger partial charge in [0.1, 0.15) is 11.9 Å². The Morgan fingerprint density at radius 2 is 1.79 bits per heavy atom. The molecule has 0 spiro atoms. The summed E-state index contributed by atoms with van der Waals surface area (Å²) < 4.78 is 38.5. The molecule has 0 saturated carbocycles. The van der Waals surface area contributed by atoms with Crippen LogP contribution in [0.1, 0.15) is 38.7 Å². The van der Waals surface area contributed by atoms with Gasteiger partial charge in [-0.2, -0.15) is 0 Å². The summed E-state index contributed by atoms with van der Waals surface area (Å²) in [6, 6.07) is 3.42. The number of benzene rings is 1. The van der Waals surface area contributed by atoms with Gasteiger partial charge in [0, 0.05) is 38.1 Å². The second-order valence-electron chi connectivity index (χ2n) is 8.53. The molecule has 178 valence electrons. The van der Waals surface area contributed by atoms with Crippen LogP contribution in [0.2, 0.25) is 0 Å². The van der Waals surface area contributed by atoms with Gasteiger partial charge in [-0.3, -0.25) is 4.79 Å². The topological polar surface area (TPSA) is 95.5 Å². The maximum absolute atomic E-state index is 14.5. The van der Waals surface area contributed by atoms with Crippen molar-refractivity contribution in [1.82, 2.24) is 14.9 Å². The Morgan fingerprint density at radius 1 is 1.09 bits per heavy atom. The quantitative estimate of drug-likeness (QED) is 0.658. The lowest BCUT2D eigenvalue weighted by atomic mass is 10.0. The van der Waals surface area contributed by atoms with Gasteiger partial charge in [0.05, 0.1) is 16.3 Å². The molecule has 0 aliphatic carbocycles. The molecule has 0 bridgehead atoms. The van der Waals surface area contributed by atoms with Crippen LogP contribution in [0.25, 0.3) is 0 Å². The fourth-order valence-electron chi connectivity index (χ4n) is 4.43. The van der Waals surface area contributed by atoms with Crippen LogP contribution < -0.4 is 10.2 Å². The summed E-state index contributed by atoms with van der Waals surface area (Å²) in [5, 5.41) is 2.98. The molecule has 1 N–H and O–H groups in total. The normalized spacial score (nSPS) is 19.8. The Labute approximate surface area is 194 Å². The van der Waals surface area contributed by atoms with Gasteiger partial charge in [-0.15, -0.1) is 0 Å². The van der Waals surface area contributed by atoms with Crippen molar-refractivity contribution >= 4 is 27.4 Å². The zero-order valence-corrected chi connectivity index (χ0v) is 19.8. The standard InChI is InChI=1S/C23H30FN5O3S/c1-3-16-14-25-23(26-15-16)28-10-7-17(8-11-28)29-12-9-21(22(29)30)27-20-6-5-18(13-19(20)24)33(31,32)4-2/h5-6,13-15,17,21,27H,3-4,7-12H2,1-2H3. The van der Waals surface area contributed by atoms with Crippen LogP contribution >= 0.6 is 0 Å². The predicted octanol–water partition coefficient (Wildman–Crippen LogP) is 2.65. The number of sulfone groups is 1. The fourth-order valence-corrected chi connectivity index (χ4v) is 5.32. The smallest absolute Gasteiger partial charge is 0.245 e. The summed E-state index contributed by atoms with van der Waals surface area (Å²) in [5.74, 6) is -0.0774. The van der Waals surface area contributed by atoms with E-state index in [2.05, 4.69) is 27.1 Å². The number of likely N-dealkylation sites (tertiary alicyclic amines) is 1. The summed E-state index contributed by atoms with van der Waals surface area (Å²) in [7, 11) is -3.48. The van der Waals surface area contributed by atoms with E-state index >= 15 is 0 Å². The van der Waals surface area contributed by atoms with Crippen LogP contribution in [0.15, 0.2) is 35.5 Å². The number of hydrogen-bond acceptors (Lipinski definition) is 7. The number of anilines is 2. The first kappa shape index (κ1) is 23.4. The Kier molecular flexibility index (Phi) is 6.83. The molecule has 1 unspecified atom stereocenters. The average Bonchev–Trinajstić information content (AvgIpc) is 3.20. The number of hydrogen-bond donors (Lipinski definition) is 1. The van der Waals surface area contributed by atoms with Gasteiger partial charge in [-0.25, -0.2) is 22.8 Å². The molecule has 2 aromatic rings. The molecule has 2 fully saturated rings. The fraction of sp³-hybridized carbons (Fsp3) is 0.522. The van der Waals surface area contributed by atoms with E-state index in [1.807, 2.05) is 17.3 Å². The largest absolute Gasteiger partial charge is 0.371 e. The lowest BCUT2D eigenvalue weighted by Gasteiger charge is -2.36. The summed E-state index contributed by atoms with van der Waals surface area (Å²) in [5.41, 5.74) is 1.25. The van der Waals surface area contributed by atoms with Gasteiger partial charge in [0.15, 0.2) is 9.84 Å². The molecule has 8 nitrogen and oxygen atoms in total. The maximum atomic E-state index is 14.5. The lowest BCUT2D eigenvalue weighted by molar-refractivity contribution is -0.130. The van der Waals surface area contributed by atoms with Crippen molar-refractivity contribution in [2.75, 3.05) is 35.6 Å². The highest BCUT2D eigenvalue weighted by Crippen LogP contribution is 2.27. The number of piperidine rings is 1. The van der Waals surface area contributed by atoms with E-state index in [-0.39, 0.29) is 28.3 Å². The van der Waals surface area contributed by atoms with Crippen LogP contribution in [-0.4, -0.2) is 66.7 Å². The van der Waals surface area contributed by atoms with Gasteiger partial charge in [0.2, 0.25) is 11.9 Å². The number of halogens is 1. The Balaban J connectivity index is 1.35. The van der Waals surface area contributed by atoms with Crippen LogP contribution in [-0.2, 0) is 21.1 Å². The number of carbonyl (C=O) groups is 1. The second kappa shape index (κ2) is 9.62. The molecule has 4 rings (SSSR count). The number of aryl methyl sites for hydroxylation is 1. The van der Waals surface area contributed by atoms with E-state index in [0.29, 0.717) is 13.0 Å². The molecule has 10 heteroatoms. The first-order valence-electron chi connectivity index (χ1n) is 11.5. The van der Waals surface area contributed by atoms with E-state index in [0.717, 1.165) is 49.9 Å². The van der Waals surface area contributed by atoms with Crippen LogP contribution in [0.3, 0.4) is 0 Å². The van der Waals surface area contributed by atoms with Gasteiger partial charge in [-0.05, 0) is 49.4 Å². The molecular formula is C23H30FN5O3S. The molecule has 1 atom stereocenters. The Hall–Kier alpha value is -2.75. The first-order valence-corrected chi connectivity index (χ1v) is 13.1. The number of aromatic nitrogens is 2. The van der Waals surface area contributed by atoms with Crippen molar-refractivity contribution in [1.29, 1.82) is 0 Å². The summed E-state index contributed by atoms with van der Waals surface area (Å²) in [4.78, 5) is 25.9. The summed E-state index contributed by atoms with van der Waals surface area (Å²) >= 11 is 0. The number of nitrogens with zero attached hydrogens (tertiary/aromatic N) is 4. The number of amides is 1. The van der Waals surface area contributed by atoms with Crippen molar-refractivity contribution in [2.45, 2.75) is 56.5 Å². The van der Waals surface area contributed by atoms with Gasteiger partial charge >= 0.3 is 0 Å². The minimum absolute atomic E-state index is 0.0401. The van der Waals surface area contributed by atoms with Crippen molar-refractivity contribution in [3.63, 3.8) is 0 Å². The lowest BCUT2D eigenvalue weighted by Crippen LogP contribution is -2.47. The molecule has 33 heavy (non-hydrogen) atoms. The van der Waals surface area contributed by atoms with Gasteiger partial charge in [-0.1, -0.05) is 13.8 Å². The van der Waals surface area contributed by atoms with Gasteiger partial charge < -0.3 is 15.1 Å². The average molecular weight is 476 g/mol. The van der Waals surface area contributed by atoms with E-state index in [1.54, 1.807) is 0 Å². The zero-order valence-electron chi connectivity index (χ0n) is 19.0. The molecule has 2 saturated heterocycles. The number of rotatable bonds is 7. The number of nitrogens with one attached hydrogen (secondary N) is 1. The third-order valence-corrected chi connectivity index (χ3v) is 8.27. The SMILES string of the molecule is CCc1cnc(N2CCC(N3CCC(Nc4ccc(S(=O)(=O)CC)cc4F)C3=O)CC2)nc1. The van der Waals surface area contributed by atoms with E-state index in [9.17, 15) is 17.6 Å². The molecule has 1 aromatic carbocycles. The molecule has 2 aliphatic heterocycles. The Bertz CT molecular complexity index is 1100. The Morgan fingerprint density at radius 3 is 2.39 bits per heavy atom. The van der Waals surface area contributed by atoms with Crippen molar-refractivity contribution in [3.8, 4) is 0 Å². The van der Waals surface area contributed by atoms with E-state index in [4.69, 9.17) is 0 Å².